The fourth-order valence-electron chi connectivity index (χ4n) is 2.67. The van der Waals surface area contributed by atoms with Gasteiger partial charge in [0, 0.05) is 36.0 Å². The maximum Gasteiger partial charge on any atom is 0.226 e. The Kier molecular flexibility index (Phi) is 4.55. The molecule has 2 aromatic rings. The molecule has 116 valence electrons. The number of halogens is 2. The maximum absolute atomic E-state index is 12.0. The summed E-state index contributed by atoms with van der Waals surface area (Å²) in [5, 5.41) is 10.9. The molecule has 1 saturated heterocycles. The third-order valence-corrected chi connectivity index (χ3v) is 4.25. The molecule has 0 radical (unpaired) electrons. The van der Waals surface area contributed by atoms with Crippen LogP contribution in [-0.2, 0) is 11.2 Å². The van der Waals surface area contributed by atoms with Gasteiger partial charge in [-0.25, -0.2) is 0 Å². The molecule has 22 heavy (non-hydrogen) atoms. The highest BCUT2D eigenvalue weighted by molar-refractivity contribution is 6.36. The van der Waals surface area contributed by atoms with Gasteiger partial charge < -0.3 is 10.2 Å². The number of rotatable bonds is 4. The van der Waals surface area contributed by atoms with Gasteiger partial charge >= 0.3 is 0 Å². The van der Waals surface area contributed by atoms with Gasteiger partial charge in [0.1, 0.15) is 0 Å². The molecular formula is C15H16Cl2N4O. The van der Waals surface area contributed by atoms with Crippen LogP contribution in [-0.4, -0.2) is 35.2 Å². The second-order valence-corrected chi connectivity index (χ2v) is 6.20. The lowest BCUT2D eigenvalue weighted by molar-refractivity contribution is -0.121. The maximum atomic E-state index is 12.0. The first kappa shape index (κ1) is 15.2. The lowest BCUT2D eigenvalue weighted by Gasteiger charge is -2.20. The van der Waals surface area contributed by atoms with Crippen LogP contribution in [0.4, 0.5) is 5.69 Å². The first-order valence-corrected chi connectivity index (χ1v) is 7.85. The smallest absolute Gasteiger partial charge is 0.226 e. The summed E-state index contributed by atoms with van der Waals surface area (Å²) >= 11 is 12.2. The summed E-state index contributed by atoms with van der Waals surface area (Å²) in [7, 11) is 0. The number of hydrogen-bond acceptors (Lipinski definition) is 3. The van der Waals surface area contributed by atoms with Gasteiger partial charge in [-0.15, -0.1) is 0 Å². The van der Waals surface area contributed by atoms with Gasteiger partial charge in [-0.3, -0.25) is 9.89 Å². The highest BCUT2D eigenvalue weighted by Crippen LogP contribution is 2.31. The predicted octanol–water partition coefficient (Wildman–Crippen LogP) is 2.65. The molecular weight excluding hydrogens is 323 g/mol. The quantitative estimate of drug-likeness (QED) is 0.900. The molecule has 5 nitrogen and oxygen atoms in total. The molecule has 1 atom stereocenters. The number of anilines is 1. The van der Waals surface area contributed by atoms with Gasteiger partial charge in [-0.1, -0.05) is 23.2 Å². The van der Waals surface area contributed by atoms with Gasteiger partial charge in [0.25, 0.3) is 0 Å². The van der Waals surface area contributed by atoms with E-state index < -0.39 is 0 Å². The van der Waals surface area contributed by atoms with Crippen LogP contribution in [0.5, 0.6) is 0 Å². The van der Waals surface area contributed by atoms with Crippen LogP contribution in [0, 0.1) is 0 Å². The number of H-pyrrole nitrogens is 1. The molecule has 0 saturated carbocycles. The van der Waals surface area contributed by atoms with Crippen LogP contribution >= 0.6 is 23.2 Å². The van der Waals surface area contributed by atoms with Crippen LogP contribution in [0.3, 0.4) is 0 Å². The third-order valence-electron chi connectivity index (χ3n) is 3.71. The molecule has 1 fully saturated rings. The summed E-state index contributed by atoms with van der Waals surface area (Å²) in [4.78, 5) is 14.2. The minimum absolute atomic E-state index is 0.00157. The number of nitrogens with one attached hydrogen (secondary N) is 2. The van der Waals surface area contributed by atoms with Crippen molar-refractivity contribution in [2.24, 2.45) is 0 Å². The van der Waals surface area contributed by atoms with E-state index in [0.717, 1.165) is 30.9 Å². The van der Waals surface area contributed by atoms with Crippen molar-refractivity contribution < 1.29 is 4.79 Å². The SMILES string of the molecule is O=C(Cc1ccn[nH]1)N[C@@H]1CCN(c2ccc(Cl)cc2Cl)C1. The topological polar surface area (TPSA) is 61.0 Å². The van der Waals surface area contributed by atoms with E-state index in [1.54, 1.807) is 18.3 Å². The van der Waals surface area contributed by atoms with E-state index in [1.807, 2.05) is 12.1 Å². The first-order chi connectivity index (χ1) is 10.6. The Morgan fingerprint density at radius 2 is 2.27 bits per heavy atom. The van der Waals surface area contributed by atoms with Crippen LogP contribution in [0.2, 0.25) is 10.0 Å². The van der Waals surface area contributed by atoms with Gasteiger partial charge in [-0.05, 0) is 30.7 Å². The van der Waals surface area contributed by atoms with Crippen molar-refractivity contribution in [2.45, 2.75) is 18.9 Å². The van der Waals surface area contributed by atoms with Crippen molar-refractivity contribution in [2.75, 3.05) is 18.0 Å². The van der Waals surface area contributed by atoms with Crippen LogP contribution in [0.15, 0.2) is 30.5 Å². The molecule has 3 rings (SSSR count). The summed E-state index contributed by atoms with van der Waals surface area (Å²) in [6.45, 7) is 1.60. The summed E-state index contributed by atoms with van der Waals surface area (Å²) in [5.41, 5.74) is 1.77. The van der Waals surface area contributed by atoms with Crippen molar-refractivity contribution in [3.8, 4) is 0 Å². The van der Waals surface area contributed by atoms with Gasteiger partial charge in [0.15, 0.2) is 0 Å². The molecule has 1 amide bonds. The zero-order valence-electron chi connectivity index (χ0n) is 11.9. The number of aromatic amines is 1. The molecule has 7 heteroatoms. The van der Waals surface area contributed by atoms with E-state index in [9.17, 15) is 4.79 Å². The standard InChI is InChI=1S/C15H16Cl2N4O/c16-10-1-2-14(13(17)7-10)21-6-4-12(9-21)19-15(22)8-11-3-5-18-20-11/h1-3,5,7,12H,4,6,8-9H2,(H,18,20)(H,19,22)/t12-/m1/s1. The molecule has 2 heterocycles. The number of amides is 1. The van der Waals surface area contributed by atoms with Gasteiger partial charge in [-0.2, -0.15) is 5.10 Å². The Bertz CT molecular complexity index is 660. The average molecular weight is 339 g/mol. The number of nitrogens with zero attached hydrogens (tertiary/aromatic N) is 2. The van der Waals surface area contributed by atoms with E-state index in [4.69, 9.17) is 23.2 Å². The van der Waals surface area contributed by atoms with Crippen molar-refractivity contribution in [3.63, 3.8) is 0 Å². The van der Waals surface area contributed by atoms with Crippen LogP contribution < -0.4 is 10.2 Å². The minimum Gasteiger partial charge on any atom is -0.368 e. The molecule has 0 spiro atoms. The first-order valence-electron chi connectivity index (χ1n) is 7.09. The highest BCUT2D eigenvalue weighted by Gasteiger charge is 2.25. The summed E-state index contributed by atoms with van der Waals surface area (Å²) in [6.07, 6.45) is 2.86. The van der Waals surface area contributed by atoms with E-state index >= 15 is 0 Å². The average Bonchev–Trinajstić information content (AvgIpc) is 3.10. The molecule has 1 aliphatic heterocycles. The Balaban J connectivity index is 1.57. The fourth-order valence-corrected chi connectivity index (χ4v) is 3.20. The largest absolute Gasteiger partial charge is 0.368 e. The Morgan fingerprint density at radius 3 is 3.00 bits per heavy atom. The number of carbonyl (C=O) groups excluding carboxylic acids is 1. The molecule has 2 N–H and O–H groups in total. The van der Waals surface area contributed by atoms with Crippen molar-refractivity contribution in [3.05, 3.63) is 46.2 Å². The lowest BCUT2D eigenvalue weighted by Crippen LogP contribution is -2.38. The minimum atomic E-state index is -0.00157. The highest BCUT2D eigenvalue weighted by atomic mass is 35.5. The Hall–Kier alpha value is -1.72. The molecule has 0 unspecified atom stereocenters. The van der Waals surface area contributed by atoms with E-state index in [2.05, 4.69) is 20.4 Å². The third kappa shape index (κ3) is 3.54. The van der Waals surface area contributed by atoms with Gasteiger partial charge in [0.05, 0.1) is 17.1 Å². The van der Waals surface area contributed by atoms with E-state index in [0.29, 0.717) is 16.5 Å². The Labute approximate surface area is 138 Å². The predicted molar refractivity (Wildman–Crippen MR) is 87.5 cm³/mol. The lowest BCUT2D eigenvalue weighted by atomic mass is 10.2. The van der Waals surface area contributed by atoms with Crippen LogP contribution in [0.25, 0.3) is 0 Å². The second-order valence-electron chi connectivity index (χ2n) is 5.35. The Morgan fingerprint density at radius 1 is 1.41 bits per heavy atom. The van der Waals surface area contributed by atoms with Crippen molar-refractivity contribution in [1.29, 1.82) is 0 Å². The zero-order chi connectivity index (χ0) is 15.5. The molecule has 1 aromatic heterocycles. The van der Waals surface area contributed by atoms with Gasteiger partial charge in [0.2, 0.25) is 5.91 Å². The normalized spacial score (nSPS) is 17.7. The summed E-state index contributed by atoms with van der Waals surface area (Å²) < 4.78 is 0. The molecule has 0 aliphatic carbocycles. The van der Waals surface area contributed by atoms with Crippen LogP contribution in [0.1, 0.15) is 12.1 Å². The number of hydrogen-bond donors (Lipinski definition) is 2. The number of benzene rings is 1. The fraction of sp³-hybridized carbons (Fsp3) is 0.333. The number of aromatic nitrogens is 2. The van der Waals surface area contributed by atoms with Crippen molar-refractivity contribution in [1.82, 2.24) is 15.5 Å². The molecule has 0 bridgehead atoms. The molecule has 1 aromatic carbocycles. The number of carbonyl (C=O) groups is 1. The zero-order valence-corrected chi connectivity index (χ0v) is 13.4. The van der Waals surface area contributed by atoms with E-state index in [-0.39, 0.29) is 11.9 Å². The second kappa shape index (κ2) is 6.58. The van der Waals surface area contributed by atoms with E-state index in [1.165, 1.54) is 0 Å². The van der Waals surface area contributed by atoms with Crippen molar-refractivity contribution >= 4 is 34.8 Å². The summed E-state index contributed by atoms with van der Waals surface area (Å²) in [5.74, 6) is -0.00157. The summed E-state index contributed by atoms with van der Waals surface area (Å²) in [6, 6.07) is 7.41. The molecule has 1 aliphatic rings. The monoisotopic (exact) mass is 338 g/mol.